The van der Waals surface area contributed by atoms with E-state index in [0.717, 1.165) is 37.6 Å². The highest BCUT2D eigenvalue weighted by atomic mass is 32.2. The fourth-order valence-corrected chi connectivity index (χ4v) is 7.01. The number of hydrogen-bond donors (Lipinski definition) is 3. The summed E-state index contributed by atoms with van der Waals surface area (Å²) in [6.07, 6.45) is 1.67. The second-order valence-corrected chi connectivity index (χ2v) is 13.4. The molecule has 0 radical (unpaired) electrons. The number of anilines is 2. The van der Waals surface area contributed by atoms with Crippen LogP contribution in [0.15, 0.2) is 138 Å². The van der Waals surface area contributed by atoms with Gasteiger partial charge in [0.15, 0.2) is 5.13 Å². The maximum absolute atomic E-state index is 13.7. The molecule has 0 fully saturated rings. The lowest BCUT2D eigenvalue weighted by atomic mass is 10.1. The van der Waals surface area contributed by atoms with Gasteiger partial charge in [-0.1, -0.05) is 84.1 Å². The number of benzene rings is 5. The molecular weight excluding hydrogens is 665 g/mol. The molecule has 250 valence electrons. The summed E-state index contributed by atoms with van der Waals surface area (Å²) < 4.78 is 6.53. The molecule has 0 bridgehead atoms. The van der Waals surface area contributed by atoms with E-state index in [-0.39, 0.29) is 11.6 Å². The minimum absolute atomic E-state index is 0.108. The normalized spacial score (nSPS) is 11.8. The van der Waals surface area contributed by atoms with Gasteiger partial charge in [0.2, 0.25) is 5.91 Å². The Hall–Kier alpha value is -5.71. The van der Waals surface area contributed by atoms with E-state index < -0.39 is 17.1 Å². The van der Waals surface area contributed by atoms with Crippen molar-refractivity contribution in [3.63, 3.8) is 0 Å². The third kappa shape index (κ3) is 8.65. The molecule has 0 saturated carbocycles. The van der Waals surface area contributed by atoms with E-state index >= 15 is 0 Å². The van der Waals surface area contributed by atoms with Gasteiger partial charge in [-0.05, 0) is 91.2 Å². The Morgan fingerprint density at radius 3 is 2.26 bits per heavy atom. The Morgan fingerprint density at radius 2 is 1.54 bits per heavy atom. The van der Waals surface area contributed by atoms with Crippen molar-refractivity contribution in [3.8, 4) is 5.75 Å². The highest BCUT2D eigenvalue weighted by Gasteiger charge is 2.24. The number of aryl methyl sites for hydroxylation is 1. The molecule has 1 unspecified atom stereocenters. The molecule has 8 nitrogen and oxygen atoms in total. The van der Waals surface area contributed by atoms with Crippen LogP contribution >= 0.6 is 23.1 Å². The minimum Gasteiger partial charge on any atom is -0.494 e. The summed E-state index contributed by atoms with van der Waals surface area (Å²) in [5, 5.41) is 8.64. The van der Waals surface area contributed by atoms with Crippen LogP contribution in [0.25, 0.3) is 16.3 Å². The Morgan fingerprint density at radius 1 is 0.840 bits per heavy atom. The molecule has 6 rings (SSSR count). The molecule has 5 aromatic carbocycles. The molecule has 10 heteroatoms. The Balaban J connectivity index is 1.18. The van der Waals surface area contributed by atoms with Gasteiger partial charge in [0.05, 0.1) is 16.8 Å². The van der Waals surface area contributed by atoms with E-state index in [1.54, 1.807) is 42.5 Å². The van der Waals surface area contributed by atoms with Gasteiger partial charge in [0, 0.05) is 16.1 Å². The second kappa shape index (κ2) is 16.1. The molecule has 50 heavy (non-hydrogen) atoms. The lowest BCUT2D eigenvalue weighted by molar-refractivity contribution is -0.116. The Kier molecular flexibility index (Phi) is 11.0. The third-order valence-corrected chi connectivity index (χ3v) is 9.82. The lowest BCUT2D eigenvalue weighted by Crippen LogP contribution is -2.30. The van der Waals surface area contributed by atoms with Gasteiger partial charge in [-0.25, -0.2) is 4.98 Å². The van der Waals surface area contributed by atoms with Crippen LogP contribution in [-0.2, 0) is 9.59 Å². The first-order chi connectivity index (χ1) is 24.4. The van der Waals surface area contributed by atoms with Crippen molar-refractivity contribution < 1.29 is 19.1 Å². The first-order valence-corrected chi connectivity index (χ1v) is 17.7. The zero-order valence-electron chi connectivity index (χ0n) is 27.4. The summed E-state index contributed by atoms with van der Waals surface area (Å²) in [7, 11) is 0. The summed E-state index contributed by atoms with van der Waals surface area (Å²) >= 11 is 2.79. The quantitative estimate of drug-likeness (QED) is 0.0870. The van der Waals surface area contributed by atoms with Crippen molar-refractivity contribution in [3.05, 3.63) is 155 Å². The summed E-state index contributed by atoms with van der Waals surface area (Å²) in [4.78, 5) is 45.7. The van der Waals surface area contributed by atoms with E-state index in [0.29, 0.717) is 23.0 Å². The number of rotatable bonds is 12. The molecule has 1 aromatic heterocycles. The van der Waals surface area contributed by atoms with Gasteiger partial charge < -0.3 is 20.7 Å². The van der Waals surface area contributed by atoms with Crippen LogP contribution in [-0.4, -0.2) is 29.3 Å². The molecular formula is C40H34N4O4S2. The van der Waals surface area contributed by atoms with Gasteiger partial charge in [-0.3, -0.25) is 14.4 Å². The van der Waals surface area contributed by atoms with Crippen molar-refractivity contribution in [1.29, 1.82) is 0 Å². The molecule has 3 amide bonds. The number of carbonyl (C=O) groups is 3. The van der Waals surface area contributed by atoms with Crippen molar-refractivity contribution in [1.82, 2.24) is 10.3 Å². The van der Waals surface area contributed by atoms with Crippen molar-refractivity contribution in [2.75, 3.05) is 17.2 Å². The van der Waals surface area contributed by atoms with Crippen LogP contribution in [0.5, 0.6) is 5.75 Å². The lowest BCUT2D eigenvalue weighted by Gasteiger charge is -2.17. The topological polar surface area (TPSA) is 109 Å². The van der Waals surface area contributed by atoms with Crippen LogP contribution in [0, 0.1) is 6.92 Å². The molecule has 0 spiro atoms. The maximum atomic E-state index is 13.7. The SMILES string of the molecule is CCOc1ccc2nc(NC(=O)C(Sc3ccc(NC(=O)/C(=C/c4ccccc4C)NC(=O)c4ccccc4)cc3)c3ccccc3)sc2c1. The monoisotopic (exact) mass is 698 g/mol. The predicted molar refractivity (Wildman–Crippen MR) is 203 cm³/mol. The average Bonchev–Trinajstić information content (AvgIpc) is 3.54. The van der Waals surface area contributed by atoms with Crippen molar-refractivity contribution >= 4 is 67.9 Å². The highest BCUT2D eigenvalue weighted by Crippen LogP contribution is 2.38. The van der Waals surface area contributed by atoms with Crippen LogP contribution in [0.2, 0.25) is 0 Å². The Bertz CT molecular complexity index is 2150. The van der Waals surface area contributed by atoms with Crippen molar-refractivity contribution in [2.45, 2.75) is 24.0 Å². The highest BCUT2D eigenvalue weighted by molar-refractivity contribution is 8.00. The van der Waals surface area contributed by atoms with E-state index in [1.165, 1.54) is 23.1 Å². The number of fused-ring (bicyclic) bond motifs is 1. The molecule has 1 heterocycles. The number of ether oxygens (including phenoxy) is 1. The first kappa shape index (κ1) is 34.2. The van der Waals surface area contributed by atoms with Crippen LogP contribution < -0.4 is 20.7 Å². The number of thioether (sulfide) groups is 1. The number of thiazole rings is 1. The number of aromatic nitrogens is 1. The molecule has 0 aliphatic heterocycles. The number of nitrogens with zero attached hydrogens (tertiary/aromatic N) is 1. The standard InChI is InChI=1S/C40H34N4O4S2/c1-3-48-31-20-23-33-35(25-31)50-40(43-33)44-39(47)36(27-13-6-4-7-14-27)49-32-21-18-30(19-22-32)41-38(46)34(24-29-17-11-10-12-26(29)2)42-37(45)28-15-8-5-9-16-28/h4-25,36H,3H2,1-2H3,(H,41,46)(H,42,45)(H,43,44,47)/b34-24-. The third-order valence-electron chi connectivity index (χ3n) is 7.62. The summed E-state index contributed by atoms with van der Waals surface area (Å²) in [5.74, 6) is -0.306. The summed E-state index contributed by atoms with van der Waals surface area (Å²) in [6.45, 7) is 4.44. The van der Waals surface area contributed by atoms with E-state index in [9.17, 15) is 14.4 Å². The largest absolute Gasteiger partial charge is 0.494 e. The second-order valence-electron chi connectivity index (χ2n) is 11.2. The number of amides is 3. The van der Waals surface area contributed by atoms with Crippen molar-refractivity contribution in [2.24, 2.45) is 0 Å². The summed E-state index contributed by atoms with van der Waals surface area (Å²) in [5.41, 5.74) is 4.47. The van der Waals surface area contributed by atoms with Gasteiger partial charge in [0.1, 0.15) is 16.7 Å². The van der Waals surface area contributed by atoms with Gasteiger partial charge in [-0.2, -0.15) is 0 Å². The molecule has 0 aliphatic rings. The van der Waals surface area contributed by atoms with Crippen LogP contribution in [0.1, 0.15) is 39.2 Å². The molecule has 1 atom stereocenters. The number of carbonyl (C=O) groups excluding carboxylic acids is 3. The zero-order valence-corrected chi connectivity index (χ0v) is 29.0. The van der Waals surface area contributed by atoms with Crippen LogP contribution in [0.4, 0.5) is 10.8 Å². The van der Waals surface area contributed by atoms with E-state index in [1.807, 2.05) is 105 Å². The molecule has 0 saturated heterocycles. The zero-order chi connectivity index (χ0) is 34.9. The minimum atomic E-state index is -0.570. The Labute approximate surface area is 298 Å². The van der Waals surface area contributed by atoms with Gasteiger partial charge in [0.25, 0.3) is 11.8 Å². The van der Waals surface area contributed by atoms with Gasteiger partial charge in [-0.15, -0.1) is 11.8 Å². The van der Waals surface area contributed by atoms with E-state index in [2.05, 4.69) is 20.9 Å². The fraction of sp³-hybridized carbons (Fsp3) is 0.100. The molecule has 6 aromatic rings. The smallest absolute Gasteiger partial charge is 0.272 e. The number of hydrogen-bond acceptors (Lipinski definition) is 7. The maximum Gasteiger partial charge on any atom is 0.272 e. The average molecular weight is 699 g/mol. The fourth-order valence-electron chi connectivity index (χ4n) is 5.08. The van der Waals surface area contributed by atoms with Crippen LogP contribution in [0.3, 0.4) is 0 Å². The number of nitrogens with one attached hydrogen (secondary N) is 3. The predicted octanol–water partition coefficient (Wildman–Crippen LogP) is 8.89. The first-order valence-electron chi connectivity index (χ1n) is 16.0. The molecule has 0 aliphatic carbocycles. The summed E-state index contributed by atoms with van der Waals surface area (Å²) in [6, 6.07) is 38.8. The van der Waals surface area contributed by atoms with Gasteiger partial charge >= 0.3 is 0 Å². The van der Waals surface area contributed by atoms with E-state index in [4.69, 9.17) is 4.74 Å². The molecule has 3 N–H and O–H groups in total.